The van der Waals surface area contributed by atoms with E-state index in [1.807, 2.05) is 13.8 Å². The molecule has 88 valence electrons. The molecule has 0 aromatic rings. The van der Waals surface area contributed by atoms with Crippen LogP contribution in [0.4, 0.5) is 0 Å². The monoisotopic (exact) mass is 212 g/mol. The lowest BCUT2D eigenvalue weighted by molar-refractivity contribution is -0.125. The number of carbonyl (C=O) groups is 1. The van der Waals surface area contributed by atoms with Crippen LogP contribution in [0.5, 0.6) is 0 Å². The minimum atomic E-state index is -0.0805. The summed E-state index contributed by atoms with van der Waals surface area (Å²) in [6.45, 7) is 5.98. The summed E-state index contributed by atoms with van der Waals surface area (Å²) in [5, 5.41) is 3.14. The Morgan fingerprint density at radius 2 is 2.13 bits per heavy atom. The van der Waals surface area contributed by atoms with Crippen LogP contribution in [-0.4, -0.2) is 18.0 Å². The molecule has 3 nitrogen and oxygen atoms in total. The van der Waals surface area contributed by atoms with E-state index in [1.165, 1.54) is 12.8 Å². The Morgan fingerprint density at radius 1 is 1.47 bits per heavy atom. The topological polar surface area (TPSA) is 55.1 Å². The van der Waals surface area contributed by atoms with E-state index in [4.69, 9.17) is 5.73 Å². The van der Waals surface area contributed by atoms with Gasteiger partial charge in [-0.25, -0.2) is 0 Å². The number of amides is 1. The zero-order valence-corrected chi connectivity index (χ0v) is 10.1. The van der Waals surface area contributed by atoms with Crippen molar-refractivity contribution in [3.05, 3.63) is 0 Å². The van der Waals surface area contributed by atoms with Crippen molar-refractivity contribution in [3.8, 4) is 0 Å². The first kappa shape index (κ1) is 12.5. The van der Waals surface area contributed by atoms with Crippen molar-refractivity contribution in [3.63, 3.8) is 0 Å². The van der Waals surface area contributed by atoms with E-state index >= 15 is 0 Å². The highest BCUT2D eigenvalue weighted by atomic mass is 16.2. The molecule has 0 heterocycles. The molecule has 3 N–H and O–H groups in total. The molecule has 0 bridgehead atoms. The Hall–Kier alpha value is -0.570. The Balaban J connectivity index is 2.43. The molecule has 15 heavy (non-hydrogen) atoms. The lowest BCUT2D eigenvalue weighted by atomic mass is 9.98. The normalized spacial score (nSPS) is 29.9. The van der Waals surface area contributed by atoms with Gasteiger partial charge in [-0.1, -0.05) is 26.7 Å². The zero-order valence-electron chi connectivity index (χ0n) is 10.1. The van der Waals surface area contributed by atoms with E-state index in [2.05, 4.69) is 12.2 Å². The van der Waals surface area contributed by atoms with Crippen LogP contribution in [0.1, 0.15) is 46.5 Å². The maximum atomic E-state index is 11.8. The van der Waals surface area contributed by atoms with Crippen LogP contribution >= 0.6 is 0 Å². The quantitative estimate of drug-likeness (QED) is 0.744. The molecule has 1 aliphatic carbocycles. The highest BCUT2D eigenvalue weighted by molar-refractivity contribution is 5.79. The van der Waals surface area contributed by atoms with Gasteiger partial charge in [-0.05, 0) is 25.7 Å². The van der Waals surface area contributed by atoms with Gasteiger partial charge in [0.1, 0.15) is 0 Å². The van der Waals surface area contributed by atoms with Gasteiger partial charge in [0.15, 0.2) is 0 Å². The summed E-state index contributed by atoms with van der Waals surface area (Å²) in [5.74, 6) is 0.715. The first-order valence-electron chi connectivity index (χ1n) is 6.12. The van der Waals surface area contributed by atoms with Gasteiger partial charge in [0.2, 0.25) is 5.91 Å². The van der Waals surface area contributed by atoms with E-state index < -0.39 is 0 Å². The van der Waals surface area contributed by atoms with Crippen LogP contribution < -0.4 is 11.1 Å². The number of nitrogens with two attached hydrogens (primary N) is 1. The molecule has 4 atom stereocenters. The minimum absolute atomic E-state index is 0.0634. The molecule has 0 spiro atoms. The predicted octanol–water partition coefficient (Wildman–Crippen LogP) is 1.66. The lowest BCUT2D eigenvalue weighted by Crippen LogP contribution is -2.44. The van der Waals surface area contributed by atoms with E-state index in [1.54, 1.807) is 0 Å². The van der Waals surface area contributed by atoms with Crippen LogP contribution in [0.2, 0.25) is 0 Å². The van der Waals surface area contributed by atoms with Crippen LogP contribution in [0.25, 0.3) is 0 Å². The molecule has 1 saturated carbocycles. The highest BCUT2D eigenvalue weighted by Crippen LogP contribution is 2.28. The standard InChI is InChI=1S/C12H24N2O/c1-4-10-6-5-7-11(10)14-12(15)8(2)9(3)13/h8-11H,4-7,13H2,1-3H3,(H,14,15). The zero-order chi connectivity index (χ0) is 11.4. The molecule has 3 heteroatoms. The van der Waals surface area contributed by atoms with Crippen molar-refractivity contribution in [2.75, 3.05) is 0 Å². The highest BCUT2D eigenvalue weighted by Gasteiger charge is 2.28. The predicted molar refractivity (Wildman–Crippen MR) is 62.4 cm³/mol. The third-order valence-corrected chi connectivity index (χ3v) is 3.71. The maximum Gasteiger partial charge on any atom is 0.224 e. The van der Waals surface area contributed by atoms with Crippen LogP contribution in [0.3, 0.4) is 0 Å². The molecular weight excluding hydrogens is 188 g/mol. The molecule has 1 amide bonds. The molecule has 0 radical (unpaired) electrons. The average Bonchev–Trinajstić information content (AvgIpc) is 2.63. The van der Waals surface area contributed by atoms with Gasteiger partial charge >= 0.3 is 0 Å². The van der Waals surface area contributed by atoms with Crippen LogP contribution in [-0.2, 0) is 4.79 Å². The van der Waals surface area contributed by atoms with E-state index in [0.29, 0.717) is 12.0 Å². The molecule has 4 unspecified atom stereocenters. The number of hydrogen-bond donors (Lipinski definition) is 2. The number of rotatable bonds is 4. The van der Waals surface area contributed by atoms with E-state index in [0.717, 1.165) is 12.8 Å². The van der Waals surface area contributed by atoms with Gasteiger partial charge in [-0.3, -0.25) is 4.79 Å². The fraction of sp³-hybridized carbons (Fsp3) is 0.917. The first-order chi connectivity index (χ1) is 7.06. The van der Waals surface area contributed by atoms with Crippen LogP contribution in [0, 0.1) is 11.8 Å². The molecule has 1 rings (SSSR count). The second-order valence-electron chi connectivity index (χ2n) is 4.86. The summed E-state index contributed by atoms with van der Waals surface area (Å²) in [4.78, 5) is 11.8. The Bertz CT molecular complexity index is 216. The van der Waals surface area contributed by atoms with Gasteiger partial charge in [0.25, 0.3) is 0 Å². The van der Waals surface area contributed by atoms with Crippen molar-refractivity contribution in [1.82, 2.24) is 5.32 Å². The van der Waals surface area contributed by atoms with Crippen molar-refractivity contribution in [2.45, 2.75) is 58.5 Å². The van der Waals surface area contributed by atoms with Crippen LogP contribution in [0.15, 0.2) is 0 Å². The maximum absolute atomic E-state index is 11.8. The van der Waals surface area contributed by atoms with Gasteiger partial charge in [0, 0.05) is 18.0 Å². The Morgan fingerprint density at radius 3 is 2.67 bits per heavy atom. The summed E-state index contributed by atoms with van der Waals surface area (Å²) in [6.07, 6.45) is 4.80. The second kappa shape index (κ2) is 5.50. The van der Waals surface area contributed by atoms with Crippen molar-refractivity contribution in [1.29, 1.82) is 0 Å². The van der Waals surface area contributed by atoms with Crippen molar-refractivity contribution in [2.24, 2.45) is 17.6 Å². The summed E-state index contributed by atoms with van der Waals surface area (Å²) in [5.41, 5.74) is 5.72. The molecule has 0 aromatic carbocycles. The number of hydrogen-bond acceptors (Lipinski definition) is 2. The summed E-state index contributed by atoms with van der Waals surface area (Å²) in [7, 11) is 0. The van der Waals surface area contributed by atoms with E-state index in [9.17, 15) is 4.79 Å². The largest absolute Gasteiger partial charge is 0.353 e. The average molecular weight is 212 g/mol. The smallest absolute Gasteiger partial charge is 0.224 e. The van der Waals surface area contributed by atoms with Gasteiger partial charge in [-0.15, -0.1) is 0 Å². The third-order valence-electron chi connectivity index (χ3n) is 3.71. The summed E-state index contributed by atoms with van der Waals surface area (Å²) < 4.78 is 0. The fourth-order valence-electron chi connectivity index (χ4n) is 2.27. The van der Waals surface area contributed by atoms with Gasteiger partial charge in [0.05, 0.1) is 0 Å². The molecule has 1 aliphatic rings. The molecular formula is C12H24N2O. The SMILES string of the molecule is CCC1CCCC1NC(=O)C(C)C(C)N. The van der Waals surface area contributed by atoms with Crippen molar-refractivity contribution < 1.29 is 4.79 Å². The minimum Gasteiger partial charge on any atom is -0.353 e. The van der Waals surface area contributed by atoms with Gasteiger partial charge in [-0.2, -0.15) is 0 Å². The summed E-state index contributed by atoms with van der Waals surface area (Å²) in [6, 6.07) is 0.329. The van der Waals surface area contributed by atoms with E-state index in [-0.39, 0.29) is 17.9 Å². The third kappa shape index (κ3) is 3.20. The molecule has 0 saturated heterocycles. The first-order valence-corrected chi connectivity index (χ1v) is 6.12. The Kier molecular flexibility index (Phi) is 4.58. The number of nitrogens with one attached hydrogen (secondary N) is 1. The van der Waals surface area contributed by atoms with Crippen molar-refractivity contribution >= 4 is 5.91 Å². The number of carbonyl (C=O) groups excluding carboxylic acids is 1. The molecule has 0 aliphatic heterocycles. The molecule has 0 aromatic heterocycles. The summed E-state index contributed by atoms with van der Waals surface area (Å²) >= 11 is 0. The second-order valence-corrected chi connectivity index (χ2v) is 4.86. The lowest BCUT2D eigenvalue weighted by Gasteiger charge is -2.23. The van der Waals surface area contributed by atoms with Gasteiger partial charge < -0.3 is 11.1 Å². The Labute approximate surface area is 92.8 Å². The fourth-order valence-corrected chi connectivity index (χ4v) is 2.27. The molecule has 1 fully saturated rings.